The molecule has 0 N–H and O–H groups in total. The van der Waals surface area contributed by atoms with Crippen LogP contribution in [0.25, 0.3) is 0 Å². The highest BCUT2D eigenvalue weighted by Gasteiger charge is 2.39. The summed E-state index contributed by atoms with van der Waals surface area (Å²) in [6.45, 7) is 2.26. The number of esters is 1. The van der Waals surface area contributed by atoms with Gasteiger partial charge >= 0.3 is 12.1 Å². The van der Waals surface area contributed by atoms with Gasteiger partial charge in [-0.1, -0.05) is 35.9 Å². The van der Waals surface area contributed by atoms with Crippen LogP contribution in [0, 0.1) is 29.1 Å². The molecule has 0 atom stereocenters. The third-order valence-corrected chi connectivity index (χ3v) is 9.15. The molecule has 4 rings (SSSR count). The number of nitrogens with zero attached hydrogens (tertiary/aromatic N) is 2. The number of hydrogen-bond donors (Lipinski definition) is 0. The molecular weight excluding hydrogens is 736 g/mol. The van der Waals surface area contributed by atoms with Gasteiger partial charge in [-0.05, 0) is 80.4 Å². The number of carbonyl (C=O) groups excluding carboxylic acids is 2. The van der Waals surface area contributed by atoms with Crippen molar-refractivity contribution in [1.29, 1.82) is 0 Å². The van der Waals surface area contributed by atoms with E-state index in [9.17, 15) is 53.1 Å². The maximum atomic E-state index is 14.9. The average Bonchev–Trinajstić information content (AvgIpc) is 3.05. The molecule has 51 heavy (non-hydrogen) atoms. The van der Waals surface area contributed by atoms with Crippen molar-refractivity contribution in [2.45, 2.75) is 50.5 Å². The van der Waals surface area contributed by atoms with E-state index in [4.69, 9.17) is 16.3 Å². The van der Waals surface area contributed by atoms with Gasteiger partial charge in [0.2, 0.25) is 21.7 Å². The quantitative estimate of drug-likeness (QED) is 0.0702. The molecule has 4 aromatic carbocycles. The Morgan fingerprint density at radius 2 is 1.18 bits per heavy atom. The molecule has 0 aliphatic rings. The van der Waals surface area contributed by atoms with Crippen molar-refractivity contribution in [2.75, 3.05) is 11.4 Å². The van der Waals surface area contributed by atoms with Crippen LogP contribution in [-0.2, 0) is 38.8 Å². The van der Waals surface area contributed by atoms with Crippen LogP contribution in [-0.4, -0.2) is 36.7 Å². The number of hydrogen-bond acceptors (Lipinski definition) is 5. The van der Waals surface area contributed by atoms with Gasteiger partial charge in [-0.25, -0.2) is 35.2 Å². The first-order valence-electron chi connectivity index (χ1n) is 14.7. The molecule has 0 radical (unpaired) electrons. The molecule has 4 aromatic rings. The zero-order valence-corrected chi connectivity index (χ0v) is 28.4. The number of alkyl halides is 3. The Kier molecular flexibility index (Phi) is 11.5. The van der Waals surface area contributed by atoms with Crippen LogP contribution in [0.3, 0.4) is 0 Å². The topological polar surface area (TPSA) is 84.0 Å². The van der Waals surface area contributed by atoms with Gasteiger partial charge in [-0.2, -0.15) is 17.5 Å². The molecule has 0 aliphatic heterocycles. The predicted octanol–water partition coefficient (Wildman–Crippen LogP) is 8.43. The summed E-state index contributed by atoms with van der Waals surface area (Å²) in [6.07, 6.45) is -4.69. The summed E-state index contributed by atoms with van der Waals surface area (Å²) in [7, 11) is -5.70. The molecule has 0 saturated carbocycles. The first-order chi connectivity index (χ1) is 23.6. The first kappa shape index (κ1) is 39.2. The summed E-state index contributed by atoms with van der Waals surface area (Å²) >= 11 is 5.89. The van der Waals surface area contributed by atoms with E-state index >= 15 is 0 Å². The molecule has 0 spiro atoms. The Bertz CT molecular complexity index is 2010. The minimum atomic E-state index is -5.70. The van der Waals surface area contributed by atoms with Gasteiger partial charge in [0.1, 0.15) is 5.60 Å². The van der Waals surface area contributed by atoms with Crippen LogP contribution >= 0.6 is 11.6 Å². The Morgan fingerprint density at radius 3 is 1.67 bits per heavy atom. The van der Waals surface area contributed by atoms with Gasteiger partial charge in [-0.3, -0.25) is 4.79 Å². The van der Waals surface area contributed by atoms with E-state index in [1.54, 1.807) is 20.8 Å². The predicted molar refractivity (Wildman–Crippen MR) is 170 cm³/mol. The molecule has 0 heterocycles. The van der Waals surface area contributed by atoms with E-state index in [1.807, 2.05) is 0 Å². The van der Waals surface area contributed by atoms with Gasteiger partial charge in [0.05, 0.1) is 24.2 Å². The van der Waals surface area contributed by atoms with E-state index in [1.165, 1.54) is 48.5 Å². The fraction of sp³-hybridized carbons (Fsp3) is 0.235. The first-order valence-corrected chi connectivity index (χ1v) is 16.5. The second kappa shape index (κ2) is 15.0. The van der Waals surface area contributed by atoms with E-state index in [0.29, 0.717) is 0 Å². The molecule has 1 amide bonds. The molecule has 0 unspecified atom stereocenters. The molecule has 0 saturated heterocycles. The summed E-state index contributed by atoms with van der Waals surface area (Å²) in [5.41, 5.74) is -1.67. The Balaban J connectivity index is 1.80. The third kappa shape index (κ3) is 9.23. The van der Waals surface area contributed by atoms with Crippen LogP contribution in [0.2, 0.25) is 5.02 Å². The molecule has 0 bridgehead atoms. The van der Waals surface area contributed by atoms with E-state index in [2.05, 4.69) is 0 Å². The second-order valence-corrected chi connectivity index (χ2v) is 14.3. The lowest BCUT2D eigenvalue weighted by Gasteiger charge is -2.28. The second-order valence-electron chi connectivity index (χ2n) is 12.0. The van der Waals surface area contributed by atoms with Crippen molar-refractivity contribution in [3.05, 3.63) is 129 Å². The lowest BCUT2D eigenvalue weighted by molar-refractivity contribution is -0.137. The van der Waals surface area contributed by atoms with Gasteiger partial charge < -0.3 is 9.64 Å². The molecule has 0 fully saturated rings. The maximum Gasteiger partial charge on any atom is 0.416 e. The van der Waals surface area contributed by atoms with Crippen LogP contribution in [0.4, 0.5) is 40.8 Å². The summed E-state index contributed by atoms with van der Waals surface area (Å²) < 4.78 is 144. The maximum absolute atomic E-state index is 14.9. The van der Waals surface area contributed by atoms with Crippen LogP contribution < -0.4 is 4.90 Å². The number of ether oxygens (including phenoxy) is 1. The molecular formula is C34H27ClF8N2O5S. The van der Waals surface area contributed by atoms with Gasteiger partial charge in [0.25, 0.3) is 0 Å². The van der Waals surface area contributed by atoms with Crippen molar-refractivity contribution in [1.82, 2.24) is 4.31 Å². The minimum Gasteiger partial charge on any atom is -0.456 e. The van der Waals surface area contributed by atoms with E-state index in [0.717, 1.165) is 29.2 Å². The number of rotatable bonds is 10. The Labute approximate surface area is 292 Å². The van der Waals surface area contributed by atoms with Gasteiger partial charge in [0, 0.05) is 17.3 Å². The number of halogens is 9. The van der Waals surface area contributed by atoms with E-state index in [-0.39, 0.29) is 31.7 Å². The Hall–Kier alpha value is -4.54. The number of amides is 1. The van der Waals surface area contributed by atoms with Gasteiger partial charge in [-0.15, -0.1) is 0 Å². The lowest BCUT2D eigenvalue weighted by Crippen LogP contribution is -2.43. The SMILES string of the molecule is CC(C)(C)OC(=O)c1ccc(N(Cc2ccc(C(F)(F)F)cc2)C(=O)CN(Cc2ccc(Cl)cc2)S(=O)(=O)c2c(F)c(F)c(F)c(F)c2F)cc1. The van der Waals surface area contributed by atoms with Crippen LogP contribution in [0.15, 0.2) is 77.7 Å². The summed E-state index contributed by atoms with van der Waals surface area (Å²) in [6, 6.07) is 13.8. The van der Waals surface area contributed by atoms with Crippen molar-refractivity contribution in [3.8, 4) is 0 Å². The zero-order chi connectivity index (χ0) is 38.1. The highest BCUT2D eigenvalue weighted by Crippen LogP contribution is 2.32. The number of anilines is 1. The number of benzene rings is 4. The highest BCUT2D eigenvalue weighted by molar-refractivity contribution is 7.89. The molecule has 0 aliphatic carbocycles. The number of carbonyl (C=O) groups is 2. The van der Waals surface area contributed by atoms with E-state index < -0.39 is 92.9 Å². The molecule has 7 nitrogen and oxygen atoms in total. The summed E-state index contributed by atoms with van der Waals surface area (Å²) in [4.78, 5) is 25.3. The van der Waals surface area contributed by atoms with Crippen LogP contribution in [0.1, 0.15) is 47.8 Å². The third-order valence-electron chi connectivity index (χ3n) is 7.09. The largest absolute Gasteiger partial charge is 0.456 e. The van der Waals surface area contributed by atoms with Crippen LogP contribution in [0.5, 0.6) is 0 Å². The molecule has 0 aromatic heterocycles. The van der Waals surface area contributed by atoms with Crippen molar-refractivity contribution < 1.29 is 57.9 Å². The number of sulfonamides is 1. The molecule has 272 valence electrons. The standard InChI is InChI=1S/C34H27ClF8N2O5S/c1-33(2,3)50-32(47)21-8-14-24(15-9-21)45(17-20-4-10-22(11-5-20)34(41,42)43)25(46)18-44(16-19-6-12-23(35)13-7-19)51(48,49)31-29(39)27(37)26(36)28(38)30(31)40/h4-15H,16-18H2,1-3H3. The zero-order valence-electron chi connectivity index (χ0n) is 26.8. The fourth-order valence-electron chi connectivity index (χ4n) is 4.62. The fourth-order valence-corrected chi connectivity index (χ4v) is 6.23. The minimum absolute atomic E-state index is 0.0210. The Morgan fingerprint density at radius 1 is 0.706 bits per heavy atom. The van der Waals surface area contributed by atoms with Crippen molar-refractivity contribution >= 4 is 39.2 Å². The van der Waals surface area contributed by atoms with Crippen molar-refractivity contribution in [2.24, 2.45) is 0 Å². The monoisotopic (exact) mass is 762 g/mol. The highest BCUT2D eigenvalue weighted by atomic mass is 35.5. The normalized spacial score (nSPS) is 12.3. The molecule has 17 heteroatoms. The van der Waals surface area contributed by atoms with Crippen molar-refractivity contribution in [3.63, 3.8) is 0 Å². The summed E-state index contributed by atoms with van der Waals surface area (Å²) in [5.74, 6) is -14.9. The van der Waals surface area contributed by atoms with Gasteiger partial charge in [0.15, 0.2) is 28.2 Å². The summed E-state index contributed by atoms with van der Waals surface area (Å²) in [5, 5.41) is 0.196. The average molecular weight is 763 g/mol. The lowest BCUT2D eigenvalue weighted by atomic mass is 10.1. The smallest absolute Gasteiger partial charge is 0.416 e.